The van der Waals surface area contributed by atoms with Crippen LogP contribution in [0.4, 0.5) is 0 Å². The predicted octanol–water partition coefficient (Wildman–Crippen LogP) is -5.33. The van der Waals surface area contributed by atoms with E-state index in [1.54, 1.807) is 0 Å². The molecule has 0 spiro atoms. The second kappa shape index (κ2) is 23.8. The minimum Gasteiger partial charge on any atom is -0.481 e. The second-order valence-electron chi connectivity index (χ2n) is 14.5. The minimum absolute atomic E-state index is 0.0111. The molecular weight excluding hydrogens is 786 g/mol. The number of carbonyl (C=O) groups is 10. The maximum absolute atomic E-state index is 13.8. The number of nitrogens with one attached hydrogen (secondary N) is 5. The summed E-state index contributed by atoms with van der Waals surface area (Å²) < 4.78 is 0. The van der Waals surface area contributed by atoms with Gasteiger partial charge in [0.05, 0.1) is 25.2 Å². The quantitative estimate of drug-likeness (QED) is 0.0404. The van der Waals surface area contributed by atoms with Gasteiger partial charge in [0.25, 0.3) is 0 Å². The standard InChI is InChI=1S/C35H57N9O15/c1-17(38-31(54)23-8-5-13-43(23)33(56)22(16-45)41-29(52)19(37)15-26(49)50)28(51)42-27(18(2)46)34(57)44-14-6-9-24(44)32(55)39-20(10-11-25(47)48)30(53)40-21(35(58)59)7-3-4-12-36/h17-24,27,45-46H,3-16,36-37H2,1-2H3,(H,38,54)(H,39,55)(H,40,53)(H,41,52)(H,42,51)(H,47,48)(H,49,50)(H,58,59)/t17-,18+,19-,20-,21-,22-,23-,24-,27-/m0/s1. The lowest BCUT2D eigenvalue weighted by atomic mass is 10.1. The van der Waals surface area contributed by atoms with Crippen molar-refractivity contribution in [2.45, 2.75) is 132 Å². The number of carboxylic acid groups (broad SMARTS) is 3. The van der Waals surface area contributed by atoms with Crippen molar-refractivity contribution in [2.24, 2.45) is 11.5 Å². The molecule has 14 N–H and O–H groups in total. The molecule has 0 bridgehead atoms. The highest BCUT2D eigenvalue weighted by Gasteiger charge is 2.42. The predicted molar refractivity (Wildman–Crippen MR) is 201 cm³/mol. The summed E-state index contributed by atoms with van der Waals surface area (Å²) in [6, 6.07) is -11.3. The number of nitrogens with two attached hydrogens (primary N) is 2. The van der Waals surface area contributed by atoms with Crippen LogP contribution in [0.15, 0.2) is 0 Å². The van der Waals surface area contributed by atoms with Crippen molar-refractivity contribution in [3.05, 3.63) is 0 Å². The fourth-order valence-electron chi connectivity index (χ4n) is 6.60. The van der Waals surface area contributed by atoms with E-state index >= 15 is 0 Å². The number of carboxylic acids is 3. The second-order valence-corrected chi connectivity index (χ2v) is 14.5. The average molecular weight is 844 g/mol. The van der Waals surface area contributed by atoms with Crippen LogP contribution in [0.5, 0.6) is 0 Å². The van der Waals surface area contributed by atoms with E-state index in [0.29, 0.717) is 25.8 Å². The number of likely N-dealkylation sites (tertiary alicyclic amines) is 2. The van der Waals surface area contributed by atoms with Gasteiger partial charge in [-0.15, -0.1) is 0 Å². The van der Waals surface area contributed by atoms with Crippen LogP contribution in [-0.2, 0) is 47.9 Å². The summed E-state index contributed by atoms with van der Waals surface area (Å²) in [6.07, 6.45) is -1.52. The van der Waals surface area contributed by atoms with Gasteiger partial charge in [-0.1, -0.05) is 0 Å². The molecule has 0 saturated carbocycles. The Morgan fingerprint density at radius 1 is 0.678 bits per heavy atom. The fraction of sp³-hybridized carbons (Fsp3) is 0.714. The van der Waals surface area contributed by atoms with E-state index in [4.69, 9.17) is 16.6 Å². The van der Waals surface area contributed by atoms with E-state index in [1.807, 2.05) is 0 Å². The maximum Gasteiger partial charge on any atom is 0.326 e. The zero-order chi connectivity index (χ0) is 44.6. The third kappa shape index (κ3) is 15.0. The molecule has 0 unspecified atom stereocenters. The molecule has 24 nitrogen and oxygen atoms in total. The first-order chi connectivity index (χ1) is 27.7. The molecule has 59 heavy (non-hydrogen) atoms. The third-order valence-corrected chi connectivity index (χ3v) is 9.85. The van der Waals surface area contributed by atoms with Crippen molar-refractivity contribution in [2.75, 3.05) is 26.2 Å². The van der Waals surface area contributed by atoms with E-state index in [1.165, 1.54) is 13.8 Å². The Kier molecular flexibility index (Phi) is 20.1. The van der Waals surface area contributed by atoms with E-state index in [0.717, 1.165) is 9.80 Å². The summed E-state index contributed by atoms with van der Waals surface area (Å²) in [7, 11) is 0. The van der Waals surface area contributed by atoms with Gasteiger partial charge in [0.1, 0.15) is 42.3 Å². The number of amides is 7. The molecule has 9 atom stereocenters. The van der Waals surface area contributed by atoms with Crippen molar-refractivity contribution in [1.29, 1.82) is 0 Å². The topological polar surface area (TPSA) is 391 Å². The molecule has 2 aliphatic heterocycles. The van der Waals surface area contributed by atoms with E-state index in [-0.39, 0.29) is 38.8 Å². The lowest BCUT2D eigenvalue weighted by molar-refractivity contribution is -0.145. The van der Waals surface area contributed by atoms with Crippen LogP contribution < -0.4 is 38.1 Å². The summed E-state index contributed by atoms with van der Waals surface area (Å²) in [4.78, 5) is 129. The first-order valence-corrected chi connectivity index (χ1v) is 19.3. The number of aliphatic carboxylic acids is 3. The molecule has 2 heterocycles. The van der Waals surface area contributed by atoms with Gasteiger partial charge in [0, 0.05) is 19.5 Å². The van der Waals surface area contributed by atoms with Gasteiger partial charge >= 0.3 is 17.9 Å². The molecular formula is C35H57N9O15. The largest absolute Gasteiger partial charge is 0.481 e. The fourth-order valence-corrected chi connectivity index (χ4v) is 6.60. The minimum atomic E-state index is -1.64. The van der Waals surface area contributed by atoms with Gasteiger partial charge in [-0.25, -0.2) is 4.79 Å². The molecule has 2 saturated heterocycles. The Balaban J connectivity index is 2.12. The van der Waals surface area contributed by atoms with Gasteiger partial charge in [-0.3, -0.25) is 43.2 Å². The van der Waals surface area contributed by atoms with Crippen LogP contribution in [0.3, 0.4) is 0 Å². The zero-order valence-corrected chi connectivity index (χ0v) is 33.0. The SMILES string of the molecule is C[C@H](NC(=O)[C@@H]1CCCN1C(=O)[C@H](CO)NC(=O)[C@@H](N)CC(=O)O)C(=O)N[C@H](C(=O)N1CCC[C@H]1C(=O)N[C@@H](CCC(=O)O)C(=O)N[C@@H](CCCCN)C(=O)O)[C@@H](C)O. The van der Waals surface area contributed by atoms with Crippen LogP contribution >= 0.6 is 0 Å². The number of hydrogen-bond donors (Lipinski definition) is 12. The molecule has 0 aromatic rings. The zero-order valence-electron chi connectivity index (χ0n) is 33.0. The van der Waals surface area contributed by atoms with Crippen molar-refractivity contribution in [3.8, 4) is 0 Å². The molecule has 7 amide bonds. The molecule has 0 aromatic carbocycles. The van der Waals surface area contributed by atoms with Crippen LogP contribution in [-0.4, -0.2) is 175 Å². The van der Waals surface area contributed by atoms with E-state index in [2.05, 4.69) is 26.6 Å². The molecule has 2 fully saturated rings. The summed E-state index contributed by atoms with van der Waals surface area (Å²) in [5.41, 5.74) is 11.0. The van der Waals surface area contributed by atoms with Gasteiger partial charge in [-0.05, 0) is 71.8 Å². The average Bonchev–Trinajstić information content (AvgIpc) is 3.87. The Morgan fingerprint density at radius 3 is 1.75 bits per heavy atom. The molecule has 0 radical (unpaired) electrons. The highest BCUT2D eigenvalue weighted by atomic mass is 16.4. The summed E-state index contributed by atoms with van der Waals surface area (Å²) in [5, 5.41) is 59.7. The van der Waals surface area contributed by atoms with E-state index in [9.17, 15) is 68.4 Å². The molecule has 332 valence electrons. The number of aliphatic hydroxyl groups is 2. The number of rotatable bonds is 24. The van der Waals surface area contributed by atoms with Crippen molar-refractivity contribution < 1.29 is 73.5 Å². The maximum atomic E-state index is 13.8. The number of aliphatic hydroxyl groups excluding tert-OH is 2. The number of hydrogen-bond acceptors (Lipinski definition) is 14. The normalized spacial score (nSPS) is 19.8. The lowest BCUT2D eigenvalue weighted by Gasteiger charge is -2.32. The Bertz CT molecular complexity index is 1560. The number of unbranched alkanes of at least 4 members (excludes halogenated alkanes) is 1. The summed E-state index contributed by atoms with van der Waals surface area (Å²) in [5.74, 6) is -10.3. The van der Waals surface area contributed by atoms with Crippen LogP contribution in [0.2, 0.25) is 0 Å². The number of carbonyl (C=O) groups excluding carboxylic acids is 7. The van der Waals surface area contributed by atoms with Gasteiger partial charge in [0.15, 0.2) is 0 Å². The molecule has 24 heteroatoms. The van der Waals surface area contributed by atoms with Crippen LogP contribution in [0, 0.1) is 0 Å². The number of nitrogens with zero attached hydrogens (tertiary/aromatic N) is 2. The molecule has 0 aliphatic carbocycles. The van der Waals surface area contributed by atoms with Crippen LogP contribution in [0.1, 0.15) is 78.1 Å². The highest BCUT2D eigenvalue weighted by molar-refractivity contribution is 5.98. The van der Waals surface area contributed by atoms with Crippen molar-refractivity contribution in [3.63, 3.8) is 0 Å². The highest BCUT2D eigenvalue weighted by Crippen LogP contribution is 2.21. The van der Waals surface area contributed by atoms with Crippen LogP contribution in [0.25, 0.3) is 0 Å². The summed E-state index contributed by atoms with van der Waals surface area (Å²) in [6.45, 7) is 1.89. The molecule has 0 aromatic heterocycles. The van der Waals surface area contributed by atoms with Gasteiger partial charge < -0.3 is 73.4 Å². The first-order valence-electron chi connectivity index (χ1n) is 19.3. The van der Waals surface area contributed by atoms with Gasteiger partial charge in [-0.2, -0.15) is 0 Å². The Hall–Kier alpha value is -5.46. The summed E-state index contributed by atoms with van der Waals surface area (Å²) >= 11 is 0. The molecule has 2 aliphatic rings. The monoisotopic (exact) mass is 843 g/mol. The first kappa shape index (κ1) is 49.7. The van der Waals surface area contributed by atoms with Crippen molar-refractivity contribution in [1.82, 2.24) is 36.4 Å². The van der Waals surface area contributed by atoms with Crippen molar-refractivity contribution >= 4 is 59.3 Å². The third-order valence-electron chi connectivity index (χ3n) is 9.85. The Labute approximate surface area is 339 Å². The molecule has 2 rings (SSSR count). The smallest absolute Gasteiger partial charge is 0.326 e. The van der Waals surface area contributed by atoms with Gasteiger partial charge in [0.2, 0.25) is 41.4 Å². The van der Waals surface area contributed by atoms with E-state index < -0.39 is 140 Å². The Morgan fingerprint density at radius 2 is 1.24 bits per heavy atom. The lowest BCUT2D eigenvalue weighted by Crippen LogP contribution is -2.61.